The fourth-order valence-corrected chi connectivity index (χ4v) is 3.27. The molecule has 2 aromatic rings. The summed E-state index contributed by atoms with van der Waals surface area (Å²) in [6, 6.07) is 19.2. The van der Waals surface area contributed by atoms with Gasteiger partial charge in [0, 0.05) is 25.9 Å². The number of hydrogen-bond acceptors (Lipinski definition) is 5. The molecule has 8 nitrogen and oxygen atoms in total. The van der Waals surface area contributed by atoms with E-state index in [2.05, 4.69) is 22.7 Å². The molecule has 0 aliphatic heterocycles. The second-order valence-corrected chi connectivity index (χ2v) is 8.26. The van der Waals surface area contributed by atoms with Crippen LogP contribution in [0, 0.1) is 0 Å². The van der Waals surface area contributed by atoms with Crippen LogP contribution in [0.3, 0.4) is 0 Å². The van der Waals surface area contributed by atoms with Crippen molar-refractivity contribution in [3.8, 4) is 0 Å². The SMILES string of the molecule is C=[N+](CCCCNCCCNC(=O)OCc1ccccc1)CCCNC(=O)OCc1ccccc1. The first-order valence-electron chi connectivity index (χ1n) is 12.3. The average molecular weight is 484 g/mol. The topological polar surface area (TPSA) is 91.7 Å². The van der Waals surface area contributed by atoms with Gasteiger partial charge in [-0.25, -0.2) is 14.2 Å². The number of nitrogens with one attached hydrogen (secondary N) is 3. The zero-order valence-electron chi connectivity index (χ0n) is 20.5. The third-order valence-corrected chi connectivity index (χ3v) is 5.22. The largest absolute Gasteiger partial charge is 0.445 e. The standard InChI is InChI=1S/C27H38N4O4/c1-31(21-11-19-30-27(33)35-23-25-14-6-3-7-15-25)20-9-8-16-28-17-10-18-29-26(32)34-22-24-12-4-2-5-13-24/h2-7,12-15,28H,1,8-11,16-23H2,(H-,29,30,32,33)/p+1. The molecule has 2 aromatic carbocycles. The van der Waals surface area contributed by atoms with Crippen molar-refractivity contribution < 1.29 is 23.6 Å². The Bertz CT molecular complexity index is 862. The molecule has 190 valence electrons. The van der Waals surface area contributed by atoms with Crippen molar-refractivity contribution in [3.05, 3.63) is 71.8 Å². The molecule has 2 amide bonds. The van der Waals surface area contributed by atoms with Crippen LogP contribution in [0.4, 0.5) is 9.59 Å². The number of rotatable bonds is 17. The first-order chi connectivity index (χ1) is 17.1. The Morgan fingerprint density at radius 1 is 0.657 bits per heavy atom. The van der Waals surface area contributed by atoms with Crippen molar-refractivity contribution in [2.45, 2.75) is 38.9 Å². The molecular formula is C27H39N4O4+. The Morgan fingerprint density at radius 3 is 1.71 bits per heavy atom. The van der Waals surface area contributed by atoms with E-state index in [4.69, 9.17) is 9.47 Å². The Morgan fingerprint density at radius 2 is 1.14 bits per heavy atom. The number of alkyl carbamates (subject to hydrolysis) is 2. The molecule has 0 atom stereocenters. The summed E-state index contributed by atoms with van der Waals surface area (Å²) in [7, 11) is 0. The van der Waals surface area contributed by atoms with Crippen molar-refractivity contribution in [1.82, 2.24) is 16.0 Å². The number of carbonyl (C=O) groups is 2. The lowest BCUT2D eigenvalue weighted by molar-refractivity contribution is -0.520. The van der Waals surface area contributed by atoms with Crippen LogP contribution in [0.1, 0.15) is 36.8 Å². The molecule has 0 aliphatic carbocycles. The first kappa shape index (κ1) is 27.9. The van der Waals surface area contributed by atoms with Crippen LogP contribution in [-0.2, 0) is 22.7 Å². The molecule has 35 heavy (non-hydrogen) atoms. The minimum Gasteiger partial charge on any atom is -0.445 e. The van der Waals surface area contributed by atoms with E-state index in [0.29, 0.717) is 13.1 Å². The molecule has 8 heteroatoms. The Labute approximate surface area is 208 Å². The van der Waals surface area contributed by atoms with Gasteiger partial charge in [-0.2, -0.15) is 0 Å². The van der Waals surface area contributed by atoms with Gasteiger partial charge in [-0.3, -0.25) is 0 Å². The zero-order chi connectivity index (χ0) is 25.0. The maximum Gasteiger partial charge on any atom is 0.407 e. The highest BCUT2D eigenvalue weighted by Crippen LogP contribution is 2.01. The highest BCUT2D eigenvalue weighted by Gasteiger charge is 2.05. The second kappa shape index (κ2) is 18.0. The summed E-state index contributed by atoms with van der Waals surface area (Å²) in [5.74, 6) is 0. The highest BCUT2D eigenvalue weighted by atomic mass is 16.6. The molecule has 0 aromatic heterocycles. The van der Waals surface area contributed by atoms with E-state index in [0.717, 1.165) is 63.0 Å². The van der Waals surface area contributed by atoms with Gasteiger partial charge < -0.3 is 25.4 Å². The molecule has 0 bridgehead atoms. The van der Waals surface area contributed by atoms with E-state index < -0.39 is 6.09 Å². The third kappa shape index (κ3) is 14.5. The lowest BCUT2D eigenvalue weighted by Crippen LogP contribution is -2.28. The van der Waals surface area contributed by atoms with Gasteiger partial charge in [-0.15, -0.1) is 0 Å². The summed E-state index contributed by atoms with van der Waals surface area (Å²) >= 11 is 0. The van der Waals surface area contributed by atoms with Crippen molar-refractivity contribution in [2.75, 3.05) is 39.3 Å². The summed E-state index contributed by atoms with van der Waals surface area (Å²) in [5, 5.41) is 8.92. The van der Waals surface area contributed by atoms with Gasteiger partial charge in [0.25, 0.3) is 0 Å². The third-order valence-electron chi connectivity index (χ3n) is 5.22. The smallest absolute Gasteiger partial charge is 0.407 e. The Hall–Kier alpha value is -3.39. The van der Waals surface area contributed by atoms with E-state index in [1.807, 2.05) is 65.2 Å². The fraction of sp³-hybridized carbons (Fsp3) is 0.444. The highest BCUT2D eigenvalue weighted by molar-refractivity contribution is 5.67. The minimum atomic E-state index is -0.394. The number of carbonyl (C=O) groups excluding carboxylic acids is 2. The van der Waals surface area contributed by atoms with E-state index in [1.165, 1.54) is 0 Å². The van der Waals surface area contributed by atoms with E-state index in [9.17, 15) is 9.59 Å². The van der Waals surface area contributed by atoms with Crippen molar-refractivity contribution in [1.29, 1.82) is 0 Å². The van der Waals surface area contributed by atoms with Crippen molar-refractivity contribution in [2.24, 2.45) is 0 Å². The first-order valence-corrected chi connectivity index (χ1v) is 12.3. The lowest BCUT2D eigenvalue weighted by atomic mass is 10.2. The van der Waals surface area contributed by atoms with Crippen molar-refractivity contribution >= 4 is 18.9 Å². The molecule has 0 radical (unpaired) electrons. The molecule has 0 spiro atoms. The number of unbranched alkanes of at least 4 members (excludes halogenated alkanes) is 1. The van der Waals surface area contributed by atoms with Crippen LogP contribution in [0.2, 0.25) is 0 Å². The number of nitrogens with zero attached hydrogens (tertiary/aromatic N) is 1. The molecule has 2 rings (SSSR count). The predicted octanol–water partition coefficient (Wildman–Crippen LogP) is 3.70. The normalized spacial score (nSPS) is 10.4. The molecule has 0 heterocycles. The van der Waals surface area contributed by atoms with Gasteiger partial charge in [0.05, 0.1) is 0 Å². The monoisotopic (exact) mass is 483 g/mol. The van der Waals surface area contributed by atoms with E-state index in [-0.39, 0.29) is 19.3 Å². The van der Waals surface area contributed by atoms with Crippen molar-refractivity contribution in [3.63, 3.8) is 0 Å². The van der Waals surface area contributed by atoms with Gasteiger partial charge in [-0.1, -0.05) is 60.7 Å². The van der Waals surface area contributed by atoms with Gasteiger partial charge >= 0.3 is 12.2 Å². The number of ether oxygens (including phenoxy) is 2. The minimum absolute atomic E-state index is 0.278. The van der Waals surface area contributed by atoms with E-state index in [1.54, 1.807) is 0 Å². The number of benzene rings is 2. The summed E-state index contributed by atoms with van der Waals surface area (Å²) < 4.78 is 12.4. The second-order valence-electron chi connectivity index (χ2n) is 8.26. The maximum absolute atomic E-state index is 11.7. The molecule has 0 aliphatic rings. The summed E-state index contributed by atoms with van der Waals surface area (Å²) in [6.07, 6.45) is 3.00. The average Bonchev–Trinajstić information content (AvgIpc) is 2.89. The van der Waals surface area contributed by atoms with Crippen LogP contribution in [0.25, 0.3) is 0 Å². The lowest BCUT2D eigenvalue weighted by Gasteiger charge is -2.08. The predicted molar refractivity (Wildman–Crippen MR) is 138 cm³/mol. The van der Waals surface area contributed by atoms with Gasteiger partial charge in [-0.05, 0) is 37.1 Å². The number of hydrogen-bond donors (Lipinski definition) is 3. The van der Waals surface area contributed by atoms with Gasteiger partial charge in [0.1, 0.15) is 33.0 Å². The maximum atomic E-state index is 11.7. The Kier molecular flexibility index (Phi) is 14.3. The van der Waals surface area contributed by atoms with Crippen LogP contribution in [0.5, 0.6) is 0 Å². The molecule has 0 unspecified atom stereocenters. The quantitative estimate of drug-likeness (QED) is 0.181. The van der Waals surface area contributed by atoms with Crippen LogP contribution >= 0.6 is 0 Å². The molecule has 3 N–H and O–H groups in total. The molecular weight excluding hydrogens is 444 g/mol. The zero-order valence-corrected chi connectivity index (χ0v) is 20.5. The van der Waals surface area contributed by atoms with Gasteiger partial charge in [0.2, 0.25) is 0 Å². The molecule has 0 fully saturated rings. The summed E-state index contributed by atoms with van der Waals surface area (Å²) in [4.78, 5) is 23.4. The van der Waals surface area contributed by atoms with Crippen LogP contribution in [-0.4, -0.2) is 62.7 Å². The van der Waals surface area contributed by atoms with Crippen LogP contribution < -0.4 is 16.0 Å². The summed E-state index contributed by atoms with van der Waals surface area (Å²) in [6.45, 7) is 9.27. The van der Waals surface area contributed by atoms with E-state index >= 15 is 0 Å². The summed E-state index contributed by atoms with van der Waals surface area (Å²) in [5.41, 5.74) is 1.94. The van der Waals surface area contributed by atoms with Gasteiger partial charge in [0.15, 0.2) is 0 Å². The Balaban J connectivity index is 1.33. The van der Waals surface area contributed by atoms with Crippen LogP contribution in [0.15, 0.2) is 60.7 Å². The molecule has 0 saturated carbocycles. The number of amides is 2. The fourth-order valence-electron chi connectivity index (χ4n) is 3.27. The molecule has 0 saturated heterocycles.